The summed E-state index contributed by atoms with van der Waals surface area (Å²) in [5, 5.41) is 0.0814. The van der Waals surface area contributed by atoms with Crippen molar-refractivity contribution in [2.24, 2.45) is 0 Å². The number of carbonyl (C=O) groups excluding carboxylic acids is 1. The molecule has 2 fully saturated rings. The number of hydrogen-bond acceptors (Lipinski definition) is 8. The second-order valence-electron chi connectivity index (χ2n) is 13.6. The van der Waals surface area contributed by atoms with Crippen LogP contribution in [0.25, 0.3) is 11.1 Å². The SMILES string of the molecule is CN(CC1(CO[Si](C)(C)C(C)(C)C)OCCO1)CC1(CN(C)C(=O)OCC2c3ccccc3-c3ccccc32)OCCO1. The lowest BCUT2D eigenvalue weighted by atomic mass is 9.98. The third-order valence-electron chi connectivity index (χ3n) is 9.23. The van der Waals surface area contributed by atoms with Gasteiger partial charge in [0.25, 0.3) is 0 Å². The van der Waals surface area contributed by atoms with Gasteiger partial charge in [-0.05, 0) is 47.4 Å². The van der Waals surface area contributed by atoms with Gasteiger partial charge in [0.1, 0.15) is 6.61 Å². The highest BCUT2D eigenvalue weighted by Crippen LogP contribution is 2.44. The van der Waals surface area contributed by atoms with Crippen LogP contribution in [0.1, 0.15) is 37.8 Å². The smallest absolute Gasteiger partial charge is 0.409 e. The van der Waals surface area contributed by atoms with Gasteiger partial charge in [-0.15, -0.1) is 0 Å². The number of amides is 1. The Labute approximate surface area is 257 Å². The van der Waals surface area contributed by atoms with Crippen molar-refractivity contribution in [2.45, 2.75) is 56.4 Å². The van der Waals surface area contributed by atoms with E-state index in [9.17, 15) is 4.79 Å². The molecule has 1 amide bonds. The van der Waals surface area contributed by atoms with Crippen LogP contribution >= 0.6 is 0 Å². The average Bonchev–Trinajstić information content (AvgIpc) is 3.68. The molecule has 2 saturated heterocycles. The lowest BCUT2D eigenvalue weighted by Gasteiger charge is -2.41. The molecule has 0 bridgehead atoms. The minimum absolute atomic E-state index is 0.0000312. The summed E-state index contributed by atoms with van der Waals surface area (Å²) in [6.07, 6.45) is -0.412. The van der Waals surface area contributed by atoms with Crippen molar-refractivity contribution in [1.82, 2.24) is 9.80 Å². The predicted molar refractivity (Wildman–Crippen MR) is 168 cm³/mol. The average molecular weight is 613 g/mol. The van der Waals surface area contributed by atoms with E-state index in [0.717, 1.165) is 0 Å². The zero-order chi connectivity index (χ0) is 30.9. The van der Waals surface area contributed by atoms with Crippen LogP contribution < -0.4 is 0 Å². The van der Waals surface area contributed by atoms with Gasteiger partial charge in [-0.2, -0.15) is 0 Å². The van der Waals surface area contributed by atoms with Gasteiger partial charge in [0, 0.05) is 13.0 Å². The molecule has 10 heteroatoms. The Morgan fingerprint density at radius 2 is 1.33 bits per heavy atom. The molecule has 0 atom stereocenters. The first kappa shape index (κ1) is 32.1. The molecule has 0 unspecified atom stereocenters. The van der Waals surface area contributed by atoms with Gasteiger partial charge in [0.05, 0.1) is 52.7 Å². The molecular formula is C33H48N2O7Si. The van der Waals surface area contributed by atoms with Crippen LogP contribution in [0.5, 0.6) is 0 Å². The van der Waals surface area contributed by atoms with E-state index in [1.165, 1.54) is 22.3 Å². The summed E-state index contributed by atoms with van der Waals surface area (Å²) in [6.45, 7) is 14.8. The van der Waals surface area contributed by atoms with Crippen molar-refractivity contribution in [2.75, 3.05) is 73.4 Å². The van der Waals surface area contributed by atoms with Crippen LogP contribution in [0.2, 0.25) is 18.1 Å². The van der Waals surface area contributed by atoms with Crippen molar-refractivity contribution >= 4 is 14.4 Å². The monoisotopic (exact) mass is 612 g/mol. The normalized spacial score (nSPS) is 19.4. The van der Waals surface area contributed by atoms with Crippen LogP contribution in [0.3, 0.4) is 0 Å². The number of ether oxygens (including phenoxy) is 5. The molecule has 5 rings (SSSR count). The van der Waals surface area contributed by atoms with E-state index in [4.69, 9.17) is 28.1 Å². The summed E-state index contributed by atoms with van der Waals surface area (Å²) in [5.74, 6) is -1.85. The van der Waals surface area contributed by atoms with Gasteiger partial charge in [0.15, 0.2) is 14.1 Å². The van der Waals surface area contributed by atoms with Crippen molar-refractivity contribution in [3.8, 4) is 11.1 Å². The molecule has 2 aliphatic heterocycles. The molecule has 2 aromatic rings. The second-order valence-corrected chi connectivity index (χ2v) is 18.4. The van der Waals surface area contributed by atoms with Crippen molar-refractivity contribution in [3.63, 3.8) is 0 Å². The Kier molecular flexibility index (Phi) is 9.40. The van der Waals surface area contributed by atoms with Crippen molar-refractivity contribution in [1.29, 1.82) is 0 Å². The highest BCUT2D eigenvalue weighted by Gasteiger charge is 2.46. The number of benzene rings is 2. The number of likely N-dealkylation sites (N-methyl/N-ethyl adjacent to an activating group) is 2. The molecule has 43 heavy (non-hydrogen) atoms. The lowest BCUT2D eigenvalue weighted by Crippen LogP contribution is -2.56. The zero-order valence-electron chi connectivity index (χ0n) is 26.8. The molecular weight excluding hydrogens is 564 g/mol. The minimum Gasteiger partial charge on any atom is -0.448 e. The first-order valence-corrected chi connectivity index (χ1v) is 18.2. The Hall–Kier alpha value is -2.31. The molecule has 3 aliphatic rings. The van der Waals surface area contributed by atoms with Crippen LogP contribution in [-0.4, -0.2) is 109 Å². The summed E-state index contributed by atoms with van der Waals surface area (Å²) in [4.78, 5) is 16.9. The molecule has 1 aliphatic carbocycles. The quantitative estimate of drug-likeness (QED) is 0.316. The molecule has 2 aromatic carbocycles. The Morgan fingerprint density at radius 1 is 0.837 bits per heavy atom. The minimum atomic E-state index is -2.00. The summed E-state index contributed by atoms with van der Waals surface area (Å²) < 4.78 is 37.0. The summed E-state index contributed by atoms with van der Waals surface area (Å²) in [5.41, 5.74) is 4.76. The highest BCUT2D eigenvalue weighted by molar-refractivity contribution is 6.74. The van der Waals surface area contributed by atoms with Crippen LogP contribution in [0.15, 0.2) is 48.5 Å². The van der Waals surface area contributed by atoms with Crippen LogP contribution in [-0.2, 0) is 28.1 Å². The molecule has 236 valence electrons. The Morgan fingerprint density at radius 3 is 1.86 bits per heavy atom. The maximum Gasteiger partial charge on any atom is 0.409 e. The standard InChI is InChI=1S/C33H48N2O7Si/c1-31(2,3)43(6,7)42-24-33(40-18-19-41-33)22-34(4)21-32(38-16-17-39-32)23-35(5)30(36)37-20-29-27-14-10-8-12-25(27)26-13-9-11-15-28(26)29/h8-15,29H,16-24H2,1-7H3. The maximum atomic E-state index is 13.3. The number of rotatable bonds is 11. The molecule has 0 radical (unpaired) electrons. The number of fused-ring (bicyclic) bond motifs is 3. The Bertz CT molecular complexity index is 1220. The predicted octanol–water partition coefficient (Wildman–Crippen LogP) is 5.31. The molecule has 2 heterocycles. The first-order valence-electron chi connectivity index (χ1n) is 15.3. The molecule has 0 N–H and O–H groups in total. The molecule has 0 aromatic heterocycles. The largest absolute Gasteiger partial charge is 0.448 e. The van der Waals surface area contributed by atoms with E-state index in [2.05, 4.69) is 63.0 Å². The van der Waals surface area contributed by atoms with E-state index in [1.807, 2.05) is 31.3 Å². The van der Waals surface area contributed by atoms with E-state index in [-0.39, 0.29) is 24.1 Å². The first-order chi connectivity index (χ1) is 20.3. The topological polar surface area (TPSA) is 78.9 Å². The van der Waals surface area contributed by atoms with E-state index < -0.39 is 26.0 Å². The summed E-state index contributed by atoms with van der Waals surface area (Å²) >= 11 is 0. The molecule has 0 spiro atoms. The Balaban J connectivity index is 1.19. The van der Waals surface area contributed by atoms with E-state index in [0.29, 0.717) is 46.1 Å². The fourth-order valence-corrected chi connectivity index (χ4v) is 6.98. The second kappa shape index (κ2) is 12.6. The van der Waals surface area contributed by atoms with E-state index >= 15 is 0 Å². The molecule has 0 saturated carbocycles. The third-order valence-corrected chi connectivity index (χ3v) is 13.7. The van der Waals surface area contributed by atoms with Crippen LogP contribution in [0.4, 0.5) is 4.79 Å². The van der Waals surface area contributed by atoms with Gasteiger partial charge in [-0.3, -0.25) is 4.90 Å². The van der Waals surface area contributed by atoms with Gasteiger partial charge in [0.2, 0.25) is 5.79 Å². The highest BCUT2D eigenvalue weighted by atomic mass is 28.4. The van der Waals surface area contributed by atoms with E-state index in [1.54, 1.807) is 11.9 Å². The number of hydrogen-bond donors (Lipinski definition) is 0. The van der Waals surface area contributed by atoms with Gasteiger partial charge in [-0.25, -0.2) is 4.79 Å². The van der Waals surface area contributed by atoms with Gasteiger partial charge >= 0.3 is 6.09 Å². The zero-order valence-corrected chi connectivity index (χ0v) is 27.8. The summed E-state index contributed by atoms with van der Waals surface area (Å²) in [6, 6.07) is 16.6. The fourth-order valence-electron chi connectivity index (χ4n) is 5.96. The van der Waals surface area contributed by atoms with Gasteiger partial charge < -0.3 is 33.0 Å². The third kappa shape index (κ3) is 7.01. The molecule has 9 nitrogen and oxygen atoms in total. The van der Waals surface area contributed by atoms with Gasteiger partial charge in [-0.1, -0.05) is 69.3 Å². The lowest BCUT2D eigenvalue weighted by molar-refractivity contribution is -0.210. The van der Waals surface area contributed by atoms with Crippen molar-refractivity contribution < 1.29 is 32.9 Å². The maximum absolute atomic E-state index is 13.3. The number of nitrogens with zero attached hydrogens (tertiary/aromatic N) is 2. The summed E-state index contributed by atoms with van der Waals surface area (Å²) in [7, 11) is 1.71. The van der Waals surface area contributed by atoms with Crippen LogP contribution in [0, 0.1) is 0 Å². The number of carbonyl (C=O) groups is 1. The van der Waals surface area contributed by atoms with Crippen molar-refractivity contribution in [3.05, 3.63) is 59.7 Å². The fraction of sp³-hybridized carbons (Fsp3) is 0.606.